The quantitative estimate of drug-likeness (QED) is 0.428. The van der Waals surface area contributed by atoms with Gasteiger partial charge in [-0.3, -0.25) is 4.98 Å². The summed E-state index contributed by atoms with van der Waals surface area (Å²) in [5.74, 6) is -0.107. The van der Waals surface area contributed by atoms with Crippen LogP contribution in [0.25, 0.3) is 0 Å². The van der Waals surface area contributed by atoms with E-state index in [1.165, 1.54) is 73.9 Å². The van der Waals surface area contributed by atoms with Crippen molar-refractivity contribution in [2.75, 3.05) is 24.3 Å². The molecule has 2 aromatic carbocycles. The molecule has 1 aromatic heterocycles. The Balaban J connectivity index is 0.000000212. The summed E-state index contributed by atoms with van der Waals surface area (Å²) >= 11 is 0. The van der Waals surface area contributed by atoms with Gasteiger partial charge in [0.2, 0.25) is 0 Å². The summed E-state index contributed by atoms with van der Waals surface area (Å²) in [6.07, 6.45) is 10.9. The van der Waals surface area contributed by atoms with Gasteiger partial charge in [0.1, 0.15) is 0 Å². The fourth-order valence-electron chi connectivity index (χ4n) is 4.24. The Bertz CT molecular complexity index is 1070. The van der Waals surface area contributed by atoms with Crippen LogP contribution in [0, 0.1) is 0 Å². The molecule has 34 heavy (non-hydrogen) atoms. The van der Waals surface area contributed by atoms with Crippen LogP contribution in [0.3, 0.4) is 0 Å². The molecular formula is C29H37N3O2. The molecule has 0 bridgehead atoms. The maximum atomic E-state index is 10.5. The van der Waals surface area contributed by atoms with E-state index in [1.807, 2.05) is 13.8 Å². The molecule has 0 aliphatic heterocycles. The first-order valence-electron chi connectivity index (χ1n) is 12.4. The number of carboxylic acids is 1. The molecule has 3 aromatic rings. The maximum absolute atomic E-state index is 10.5. The number of anilines is 3. The van der Waals surface area contributed by atoms with Crippen LogP contribution in [0.2, 0.25) is 0 Å². The monoisotopic (exact) mass is 459 g/mol. The van der Waals surface area contributed by atoms with Gasteiger partial charge in [0.25, 0.3) is 0 Å². The van der Waals surface area contributed by atoms with E-state index in [-0.39, 0.29) is 5.56 Å². The summed E-state index contributed by atoms with van der Waals surface area (Å²) in [5, 5.41) is 11.4. The standard InChI is InChI=1S/C20H23N.C7H8N2O2.C2H6/c1-21(19-11-8-17(9-12-19)16-6-7-16)20-13-10-15-4-2-3-5-18(15)14-20;1-8-6-4-9-3-2-5(6)7(10)11;1-2/h8-14,16H,2-7H2,1H3;2-4,8H,1H3,(H,10,11);1-2H3. The molecule has 2 aliphatic carbocycles. The molecule has 2 N–H and O–H groups in total. The number of aromatic carboxylic acids is 1. The maximum Gasteiger partial charge on any atom is 0.337 e. The van der Waals surface area contributed by atoms with Crippen LogP contribution >= 0.6 is 0 Å². The number of hydrogen-bond donors (Lipinski definition) is 2. The average Bonchev–Trinajstić information content (AvgIpc) is 3.75. The number of pyridine rings is 1. The van der Waals surface area contributed by atoms with Crippen molar-refractivity contribution in [3.8, 4) is 0 Å². The second kappa shape index (κ2) is 12.2. The Morgan fingerprint density at radius 2 is 1.62 bits per heavy atom. The van der Waals surface area contributed by atoms with Crippen LogP contribution in [0.5, 0.6) is 0 Å². The van der Waals surface area contributed by atoms with E-state index in [1.54, 1.807) is 18.2 Å². The van der Waals surface area contributed by atoms with Gasteiger partial charge in [0.15, 0.2) is 0 Å². The van der Waals surface area contributed by atoms with Crippen LogP contribution in [-0.4, -0.2) is 30.2 Å². The molecule has 5 nitrogen and oxygen atoms in total. The molecular weight excluding hydrogens is 422 g/mol. The highest BCUT2D eigenvalue weighted by molar-refractivity contribution is 5.93. The Hall–Kier alpha value is -3.34. The largest absolute Gasteiger partial charge is 0.478 e. The molecule has 1 heterocycles. The van der Waals surface area contributed by atoms with E-state index >= 15 is 0 Å². The fourth-order valence-corrected chi connectivity index (χ4v) is 4.24. The van der Waals surface area contributed by atoms with E-state index in [9.17, 15) is 4.79 Å². The Labute approximate surface area is 203 Å². The minimum atomic E-state index is -0.947. The zero-order valence-electron chi connectivity index (χ0n) is 20.8. The van der Waals surface area contributed by atoms with E-state index in [4.69, 9.17) is 5.11 Å². The fraction of sp³-hybridized carbons (Fsp3) is 0.379. The van der Waals surface area contributed by atoms with E-state index in [0.717, 1.165) is 5.92 Å². The van der Waals surface area contributed by atoms with Crippen molar-refractivity contribution in [3.63, 3.8) is 0 Å². The van der Waals surface area contributed by atoms with Gasteiger partial charge in [0, 0.05) is 31.7 Å². The first-order chi connectivity index (χ1) is 16.6. The number of benzene rings is 2. The van der Waals surface area contributed by atoms with E-state index in [2.05, 4.69) is 64.7 Å². The summed E-state index contributed by atoms with van der Waals surface area (Å²) in [4.78, 5) is 16.6. The first-order valence-corrected chi connectivity index (χ1v) is 12.4. The number of aromatic nitrogens is 1. The Kier molecular flexibility index (Phi) is 9.08. The summed E-state index contributed by atoms with van der Waals surface area (Å²) < 4.78 is 0. The molecule has 1 fully saturated rings. The van der Waals surface area contributed by atoms with Crippen LogP contribution in [0.4, 0.5) is 17.1 Å². The van der Waals surface area contributed by atoms with Crippen LogP contribution in [-0.2, 0) is 12.8 Å². The summed E-state index contributed by atoms with van der Waals surface area (Å²) in [5.41, 5.74) is 7.99. The third-order valence-electron chi connectivity index (χ3n) is 6.37. The SMILES string of the molecule is CC.CN(c1ccc(C2CC2)cc1)c1ccc2c(c1)CCCC2.CNc1cnccc1C(=O)O. The predicted octanol–water partition coefficient (Wildman–Crippen LogP) is 7.06. The van der Waals surface area contributed by atoms with Gasteiger partial charge in [-0.2, -0.15) is 0 Å². The third kappa shape index (κ3) is 6.37. The van der Waals surface area contributed by atoms with Crippen molar-refractivity contribution in [2.45, 2.75) is 58.3 Å². The number of nitrogens with one attached hydrogen (secondary N) is 1. The molecule has 5 heteroatoms. The van der Waals surface area contributed by atoms with Gasteiger partial charge in [-0.05, 0) is 91.5 Å². The second-order valence-corrected chi connectivity index (χ2v) is 8.56. The highest BCUT2D eigenvalue weighted by Gasteiger charge is 2.23. The zero-order valence-corrected chi connectivity index (χ0v) is 20.8. The van der Waals surface area contributed by atoms with Crippen molar-refractivity contribution < 1.29 is 9.90 Å². The number of fused-ring (bicyclic) bond motifs is 1. The van der Waals surface area contributed by atoms with Gasteiger partial charge in [-0.25, -0.2) is 4.79 Å². The van der Waals surface area contributed by atoms with E-state index in [0.29, 0.717) is 5.69 Å². The average molecular weight is 460 g/mol. The lowest BCUT2D eigenvalue weighted by Gasteiger charge is -2.23. The Morgan fingerprint density at radius 3 is 2.21 bits per heavy atom. The van der Waals surface area contributed by atoms with Crippen molar-refractivity contribution in [2.24, 2.45) is 0 Å². The summed E-state index contributed by atoms with van der Waals surface area (Å²) in [6.45, 7) is 4.00. The van der Waals surface area contributed by atoms with Gasteiger partial charge in [0.05, 0.1) is 17.4 Å². The molecule has 180 valence electrons. The Morgan fingerprint density at radius 1 is 0.971 bits per heavy atom. The molecule has 0 amide bonds. The van der Waals surface area contributed by atoms with Crippen LogP contribution in [0.15, 0.2) is 60.9 Å². The molecule has 2 aliphatic rings. The van der Waals surface area contributed by atoms with Crippen molar-refractivity contribution in [1.82, 2.24) is 4.98 Å². The van der Waals surface area contributed by atoms with Crippen molar-refractivity contribution in [1.29, 1.82) is 0 Å². The second-order valence-electron chi connectivity index (χ2n) is 8.56. The molecule has 0 radical (unpaired) electrons. The minimum Gasteiger partial charge on any atom is -0.478 e. The van der Waals surface area contributed by atoms with Crippen molar-refractivity contribution >= 4 is 23.0 Å². The molecule has 0 saturated heterocycles. The molecule has 0 atom stereocenters. The normalized spacial score (nSPS) is 13.9. The number of nitrogens with zero attached hydrogens (tertiary/aromatic N) is 2. The molecule has 0 unspecified atom stereocenters. The highest BCUT2D eigenvalue weighted by Crippen LogP contribution is 2.40. The smallest absolute Gasteiger partial charge is 0.337 e. The van der Waals surface area contributed by atoms with Crippen molar-refractivity contribution in [3.05, 3.63) is 83.2 Å². The number of carbonyl (C=O) groups is 1. The molecule has 0 spiro atoms. The minimum absolute atomic E-state index is 0.238. The summed E-state index contributed by atoms with van der Waals surface area (Å²) in [6, 6.07) is 17.6. The number of hydrogen-bond acceptors (Lipinski definition) is 4. The lowest BCUT2D eigenvalue weighted by atomic mass is 9.91. The summed E-state index contributed by atoms with van der Waals surface area (Å²) in [7, 11) is 3.83. The zero-order chi connectivity index (χ0) is 24.5. The van der Waals surface area contributed by atoms with Gasteiger partial charge < -0.3 is 15.3 Å². The number of rotatable bonds is 5. The molecule has 1 saturated carbocycles. The molecule has 5 rings (SSSR count). The first kappa shape index (κ1) is 25.3. The number of carboxylic acid groups (broad SMARTS) is 1. The predicted molar refractivity (Wildman–Crippen MR) is 142 cm³/mol. The van der Waals surface area contributed by atoms with Gasteiger partial charge in [-0.1, -0.05) is 32.0 Å². The van der Waals surface area contributed by atoms with Crippen LogP contribution in [0.1, 0.15) is 72.5 Å². The lowest BCUT2D eigenvalue weighted by Crippen LogP contribution is -2.11. The third-order valence-corrected chi connectivity index (χ3v) is 6.37. The van der Waals surface area contributed by atoms with Crippen LogP contribution < -0.4 is 10.2 Å². The van der Waals surface area contributed by atoms with Gasteiger partial charge in [-0.15, -0.1) is 0 Å². The number of aryl methyl sites for hydroxylation is 2. The topological polar surface area (TPSA) is 65.5 Å². The lowest BCUT2D eigenvalue weighted by molar-refractivity contribution is 0.0698. The van der Waals surface area contributed by atoms with E-state index < -0.39 is 5.97 Å². The van der Waals surface area contributed by atoms with Gasteiger partial charge >= 0.3 is 5.97 Å². The highest BCUT2D eigenvalue weighted by atomic mass is 16.4.